The van der Waals surface area contributed by atoms with E-state index < -0.39 is 0 Å². The lowest BCUT2D eigenvalue weighted by molar-refractivity contribution is -0.136. The van der Waals surface area contributed by atoms with E-state index in [1.807, 2.05) is 6.08 Å². The van der Waals surface area contributed by atoms with Gasteiger partial charge in [-0.25, -0.2) is 4.79 Å². The number of methoxy groups -OCH3 is 1. The van der Waals surface area contributed by atoms with Gasteiger partial charge in [0, 0.05) is 5.57 Å². The van der Waals surface area contributed by atoms with Gasteiger partial charge in [0.2, 0.25) is 0 Å². The first-order chi connectivity index (χ1) is 7.51. The Morgan fingerprint density at radius 3 is 2.50 bits per heavy atom. The number of rotatable bonds is 6. The van der Waals surface area contributed by atoms with E-state index in [0.717, 1.165) is 19.3 Å². The molecule has 0 saturated heterocycles. The van der Waals surface area contributed by atoms with E-state index in [1.54, 1.807) is 6.92 Å². The normalized spacial score (nSPS) is 14.8. The molecule has 0 amide bonds. The minimum Gasteiger partial charge on any atom is -0.466 e. The molecule has 0 aromatic carbocycles. The van der Waals surface area contributed by atoms with Crippen molar-refractivity contribution in [2.24, 2.45) is 5.92 Å². The first-order valence-electron chi connectivity index (χ1n) is 5.88. The maximum absolute atomic E-state index is 11.1. The standard InChI is InChI=1S/C14H24O2/c1-6-11(2)10-12(3)8-7-9-13(4)14(15)16-5/h6,9,12H,7-8,10H2,1-5H3/b11-6+,13-9+. The minimum absolute atomic E-state index is 0.225. The molecule has 0 bridgehead atoms. The summed E-state index contributed by atoms with van der Waals surface area (Å²) in [4.78, 5) is 11.1. The fourth-order valence-electron chi connectivity index (χ4n) is 1.60. The summed E-state index contributed by atoms with van der Waals surface area (Å²) in [7, 11) is 1.41. The van der Waals surface area contributed by atoms with Crippen LogP contribution in [0.3, 0.4) is 0 Å². The van der Waals surface area contributed by atoms with Crippen LogP contribution in [0.25, 0.3) is 0 Å². The SMILES string of the molecule is C/C=C(\C)CC(C)CC/C=C(\C)C(=O)OC. The van der Waals surface area contributed by atoms with Crippen molar-refractivity contribution in [1.82, 2.24) is 0 Å². The van der Waals surface area contributed by atoms with E-state index in [9.17, 15) is 4.79 Å². The Morgan fingerprint density at radius 1 is 1.38 bits per heavy atom. The molecule has 0 fully saturated rings. The van der Waals surface area contributed by atoms with E-state index in [1.165, 1.54) is 12.7 Å². The van der Waals surface area contributed by atoms with Gasteiger partial charge in [0.05, 0.1) is 7.11 Å². The van der Waals surface area contributed by atoms with Gasteiger partial charge in [0.25, 0.3) is 0 Å². The van der Waals surface area contributed by atoms with Crippen LogP contribution in [0.4, 0.5) is 0 Å². The number of hydrogen-bond donors (Lipinski definition) is 0. The molecule has 2 heteroatoms. The van der Waals surface area contributed by atoms with Gasteiger partial charge in [-0.2, -0.15) is 0 Å². The van der Waals surface area contributed by atoms with Crippen LogP contribution in [0.1, 0.15) is 47.0 Å². The van der Waals surface area contributed by atoms with E-state index in [4.69, 9.17) is 0 Å². The van der Waals surface area contributed by atoms with Crippen LogP contribution in [0.15, 0.2) is 23.3 Å². The minimum atomic E-state index is -0.225. The summed E-state index contributed by atoms with van der Waals surface area (Å²) in [6.07, 6.45) is 7.32. The van der Waals surface area contributed by atoms with Crippen molar-refractivity contribution in [3.05, 3.63) is 23.3 Å². The largest absolute Gasteiger partial charge is 0.466 e. The van der Waals surface area contributed by atoms with Gasteiger partial charge in [-0.05, 0) is 46.0 Å². The van der Waals surface area contributed by atoms with E-state index in [0.29, 0.717) is 11.5 Å². The summed E-state index contributed by atoms with van der Waals surface area (Å²) in [5, 5.41) is 0. The highest BCUT2D eigenvalue weighted by Crippen LogP contribution is 2.16. The molecule has 2 nitrogen and oxygen atoms in total. The van der Waals surface area contributed by atoms with Crippen LogP contribution in [0.5, 0.6) is 0 Å². The molecule has 0 spiro atoms. The predicted octanol–water partition coefficient (Wildman–Crippen LogP) is 3.88. The van der Waals surface area contributed by atoms with Crippen LogP contribution in [0, 0.1) is 5.92 Å². The van der Waals surface area contributed by atoms with Crippen molar-refractivity contribution in [2.45, 2.75) is 47.0 Å². The first-order valence-corrected chi connectivity index (χ1v) is 5.88. The monoisotopic (exact) mass is 224 g/mol. The van der Waals surface area contributed by atoms with Gasteiger partial charge in [-0.3, -0.25) is 0 Å². The quantitative estimate of drug-likeness (QED) is 0.389. The van der Waals surface area contributed by atoms with Crippen LogP contribution in [-0.4, -0.2) is 13.1 Å². The second-order valence-corrected chi connectivity index (χ2v) is 4.40. The van der Waals surface area contributed by atoms with Crippen LogP contribution in [-0.2, 0) is 9.53 Å². The highest BCUT2D eigenvalue weighted by molar-refractivity contribution is 5.87. The summed E-state index contributed by atoms with van der Waals surface area (Å²) in [6, 6.07) is 0. The summed E-state index contributed by atoms with van der Waals surface area (Å²) in [5.41, 5.74) is 2.14. The number of hydrogen-bond acceptors (Lipinski definition) is 2. The molecule has 1 atom stereocenters. The van der Waals surface area contributed by atoms with Gasteiger partial charge in [0.15, 0.2) is 0 Å². The van der Waals surface area contributed by atoms with Crippen LogP contribution < -0.4 is 0 Å². The lowest BCUT2D eigenvalue weighted by atomic mass is 9.97. The topological polar surface area (TPSA) is 26.3 Å². The number of carbonyl (C=O) groups is 1. The second-order valence-electron chi connectivity index (χ2n) is 4.40. The third-order valence-corrected chi connectivity index (χ3v) is 2.78. The molecule has 0 radical (unpaired) electrons. The van der Waals surface area contributed by atoms with Crippen LogP contribution >= 0.6 is 0 Å². The molecule has 0 aliphatic heterocycles. The predicted molar refractivity (Wildman–Crippen MR) is 68.2 cm³/mol. The second kappa shape index (κ2) is 8.14. The maximum atomic E-state index is 11.1. The average molecular weight is 224 g/mol. The lowest BCUT2D eigenvalue weighted by Gasteiger charge is -2.10. The molecule has 0 aromatic heterocycles. The van der Waals surface area contributed by atoms with Gasteiger partial charge in [0.1, 0.15) is 0 Å². The van der Waals surface area contributed by atoms with E-state index in [-0.39, 0.29) is 5.97 Å². The molecule has 0 aromatic rings. The Kier molecular flexibility index (Phi) is 7.61. The fraction of sp³-hybridized carbons (Fsp3) is 0.643. The zero-order valence-electron chi connectivity index (χ0n) is 11.2. The van der Waals surface area contributed by atoms with Gasteiger partial charge in [-0.1, -0.05) is 24.6 Å². The Morgan fingerprint density at radius 2 is 2.00 bits per heavy atom. The molecule has 1 unspecified atom stereocenters. The van der Waals surface area contributed by atoms with Gasteiger partial charge in [-0.15, -0.1) is 0 Å². The van der Waals surface area contributed by atoms with Crippen molar-refractivity contribution in [3.8, 4) is 0 Å². The van der Waals surface area contributed by atoms with Crippen molar-refractivity contribution >= 4 is 5.97 Å². The molecule has 0 rings (SSSR count). The Labute approximate surface area is 99.4 Å². The number of allylic oxidation sites excluding steroid dienone is 3. The number of ether oxygens (including phenoxy) is 1. The molecule has 0 heterocycles. The third-order valence-electron chi connectivity index (χ3n) is 2.78. The molecular formula is C14H24O2. The highest BCUT2D eigenvalue weighted by atomic mass is 16.5. The molecule has 0 saturated carbocycles. The van der Waals surface area contributed by atoms with Gasteiger partial charge >= 0.3 is 5.97 Å². The molecule has 0 aliphatic rings. The fourth-order valence-corrected chi connectivity index (χ4v) is 1.60. The van der Waals surface area contributed by atoms with Crippen molar-refractivity contribution < 1.29 is 9.53 Å². The lowest BCUT2D eigenvalue weighted by Crippen LogP contribution is -2.02. The van der Waals surface area contributed by atoms with Crippen molar-refractivity contribution in [2.75, 3.05) is 7.11 Å². The molecule has 16 heavy (non-hydrogen) atoms. The zero-order valence-corrected chi connectivity index (χ0v) is 11.2. The summed E-state index contributed by atoms with van der Waals surface area (Å²) in [5.74, 6) is 0.440. The van der Waals surface area contributed by atoms with Crippen LogP contribution in [0.2, 0.25) is 0 Å². The number of esters is 1. The molecule has 0 aliphatic carbocycles. The van der Waals surface area contributed by atoms with E-state index in [2.05, 4.69) is 31.6 Å². The Hall–Kier alpha value is -1.05. The number of carbonyl (C=O) groups excluding carboxylic acids is 1. The Balaban J connectivity index is 3.93. The first kappa shape index (κ1) is 14.9. The molecular weight excluding hydrogens is 200 g/mol. The summed E-state index contributed by atoms with van der Waals surface area (Å²) >= 11 is 0. The highest BCUT2D eigenvalue weighted by Gasteiger charge is 2.04. The summed E-state index contributed by atoms with van der Waals surface area (Å²) < 4.78 is 4.64. The average Bonchev–Trinajstić information content (AvgIpc) is 2.27. The van der Waals surface area contributed by atoms with Gasteiger partial charge < -0.3 is 4.74 Å². The Bertz CT molecular complexity index is 274. The smallest absolute Gasteiger partial charge is 0.333 e. The molecule has 92 valence electrons. The van der Waals surface area contributed by atoms with Crippen molar-refractivity contribution in [1.29, 1.82) is 0 Å². The van der Waals surface area contributed by atoms with Crippen molar-refractivity contribution in [3.63, 3.8) is 0 Å². The third kappa shape index (κ3) is 6.44. The maximum Gasteiger partial charge on any atom is 0.333 e. The summed E-state index contributed by atoms with van der Waals surface area (Å²) in [6.45, 7) is 8.28. The zero-order chi connectivity index (χ0) is 12.6. The van der Waals surface area contributed by atoms with E-state index >= 15 is 0 Å². The molecule has 0 N–H and O–H groups in total.